The van der Waals surface area contributed by atoms with Gasteiger partial charge in [-0.25, -0.2) is 0 Å². The van der Waals surface area contributed by atoms with E-state index in [4.69, 9.17) is 5.11 Å². The Morgan fingerprint density at radius 1 is 1.11 bits per heavy atom. The van der Waals surface area contributed by atoms with E-state index in [0.717, 1.165) is 11.4 Å². The van der Waals surface area contributed by atoms with Crippen LogP contribution in [-0.2, 0) is 6.61 Å². The molecule has 0 atom stereocenters. The number of hydrogen-bond donors (Lipinski definition) is 1. The summed E-state index contributed by atoms with van der Waals surface area (Å²) >= 11 is 0. The van der Waals surface area contributed by atoms with Crippen LogP contribution in [0.5, 0.6) is 0 Å². The summed E-state index contributed by atoms with van der Waals surface area (Å²) in [4.78, 5) is 11.6. The predicted molar refractivity (Wildman–Crippen MR) is 72.2 cm³/mol. The van der Waals surface area contributed by atoms with Crippen molar-refractivity contribution in [1.29, 1.82) is 0 Å². The summed E-state index contributed by atoms with van der Waals surface area (Å²) in [6, 6.07) is 7.70. The second kappa shape index (κ2) is 4.78. The van der Waals surface area contributed by atoms with E-state index >= 15 is 0 Å². The molecule has 1 heterocycles. The van der Waals surface area contributed by atoms with E-state index in [-0.39, 0.29) is 12.0 Å². The molecule has 3 heteroatoms. The number of aliphatic hydroxyl groups is 1. The molecule has 0 aliphatic heterocycles. The summed E-state index contributed by atoms with van der Waals surface area (Å²) in [7, 11) is 0. The summed E-state index contributed by atoms with van der Waals surface area (Å²) in [5.41, 5.74) is 4.61. The van der Waals surface area contributed by atoms with Crippen LogP contribution in [0.2, 0.25) is 0 Å². The minimum absolute atomic E-state index is 0.116. The Morgan fingerprint density at radius 2 is 1.83 bits per heavy atom. The van der Waals surface area contributed by atoms with Crippen molar-refractivity contribution < 1.29 is 5.11 Å². The van der Waals surface area contributed by atoms with Gasteiger partial charge in [-0.15, -0.1) is 0 Å². The van der Waals surface area contributed by atoms with E-state index in [1.54, 1.807) is 12.3 Å². The minimum Gasteiger partial charge on any atom is -0.391 e. The van der Waals surface area contributed by atoms with Gasteiger partial charge in [0.1, 0.15) is 0 Å². The molecule has 0 saturated heterocycles. The maximum atomic E-state index is 11.6. The third kappa shape index (κ3) is 2.22. The molecule has 0 saturated carbocycles. The van der Waals surface area contributed by atoms with E-state index in [1.165, 1.54) is 11.1 Å². The fourth-order valence-corrected chi connectivity index (χ4v) is 1.95. The molecular weight excluding hydrogens is 226 g/mol. The van der Waals surface area contributed by atoms with Gasteiger partial charge in [0.2, 0.25) is 0 Å². The second-order valence-corrected chi connectivity index (χ2v) is 4.60. The van der Waals surface area contributed by atoms with Crippen LogP contribution < -0.4 is 5.43 Å². The quantitative estimate of drug-likeness (QED) is 0.879. The van der Waals surface area contributed by atoms with Crippen molar-refractivity contribution in [2.45, 2.75) is 27.4 Å². The molecule has 0 spiro atoms. The highest BCUT2D eigenvalue weighted by molar-refractivity contribution is 5.41. The van der Waals surface area contributed by atoms with E-state index < -0.39 is 0 Å². The summed E-state index contributed by atoms with van der Waals surface area (Å²) in [6.45, 7) is 5.78. The summed E-state index contributed by atoms with van der Waals surface area (Å²) < 4.78 is 1.93. The first-order valence-corrected chi connectivity index (χ1v) is 5.93. The number of nitrogens with zero attached hydrogens (tertiary/aromatic N) is 1. The zero-order valence-corrected chi connectivity index (χ0v) is 10.9. The smallest absolute Gasteiger partial charge is 0.187 e. The van der Waals surface area contributed by atoms with Crippen molar-refractivity contribution >= 4 is 0 Å². The van der Waals surface area contributed by atoms with Gasteiger partial charge in [0.05, 0.1) is 6.61 Å². The Labute approximate surface area is 106 Å². The van der Waals surface area contributed by atoms with Gasteiger partial charge in [0, 0.05) is 29.2 Å². The molecule has 0 aliphatic carbocycles. The molecule has 0 fully saturated rings. The number of benzene rings is 1. The molecule has 0 amide bonds. The average molecular weight is 243 g/mol. The zero-order valence-electron chi connectivity index (χ0n) is 10.9. The molecule has 2 aromatic rings. The molecule has 0 radical (unpaired) electrons. The van der Waals surface area contributed by atoms with Crippen LogP contribution in [0.1, 0.15) is 22.4 Å². The monoisotopic (exact) mass is 243 g/mol. The molecule has 2 rings (SSSR count). The van der Waals surface area contributed by atoms with Gasteiger partial charge < -0.3 is 9.67 Å². The third-order valence-electron chi connectivity index (χ3n) is 3.26. The Morgan fingerprint density at radius 3 is 2.44 bits per heavy atom. The van der Waals surface area contributed by atoms with E-state index in [1.807, 2.05) is 17.6 Å². The topological polar surface area (TPSA) is 42.2 Å². The summed E-state index contributed by atoms with van der Waals surface area (Å²) in [5.74, 6) is 0. The van der Waals surface area contributed by atoms with Gasteiger partial charge >= 0.3 is 0 Å². The molecule has 94 valence electrons. The van der Waals surface area contributed by atoms with Crippen molar-refractivity contribution in [3.63, 3.8) is 0 Å². The van der Waals surface area contributed by atoms with Gasteiger partial charge in [-0.2, -0.15) is 0 Å². The first kappa shape index (κ1) is 12.6. The largest absolute Gasteiger partial charge is 0.391 e. The minimum atomic E-state index is -0.232. The fourth-order valence-electron chi connectivity index (χ4n) is 1.95. The van der Waals surface area contributed by atoms with Crippen molar-refractivity contribution in [1.82, 2.24) is 4.57 Å². The fraction of sp³-hybridized carbons (Fsp3) is 0.267. The van der Waals surface area contributed by atoms with Crippen LogP contribution >= 0.6 is 0 Å². The highest BCUT2D eigenvalue weighted by Gasteiger charge is 2.05. The molecule has 0 unspecified atom stereocenters. The number of aliphatic hydroxyl groups excluding tert-OH is 1. The van der Waals surface area contributed by atoms with Crippen LogP contribution in [0.25, 0.3) is 5.69 Å². The van der Waals surface area contributed by atoms with Gasteiger partial charge in [-0.1, -0.05) is 6.07 Å². The lowest BCUT2D eigenvalue weighted by atomic mass is 10.1. The zero-order chi connectivity index (χ0) is 13.3. The summed E-state index contributed by atoms with van der Waals surface area (Å²) in [6.07, 6.45) is 1.71. The van der Waals surface area contributed by atoms with E-state index in [0.29, 0.717) is 5.56 Å². The molecule has 0 bridgehead atoms. The second-order valence-electron chi connectivity index (χ2n) is 4.60. The first-order chi connectivity index (χ1) is 8.52. The van der Waals surface area contributed by atoms with Crippen LogP contribution in [0.4, 0.5) is 0 Å². The van der Waals surface area contributed by atoms with Crippen LogP contribution in [-0.4, -0.2) is 9.67 Å². The molecule has 1 N–H and O–H groups in total. The number of aromatic nitrogens is 1. The first-order valence-electron chi connectivity index (χ1n) is 5.93. The van der Waals surface area contributed by atoms with Crippen LogP contribution in [0.15, 0.2) is 35.3 Å². The number of hydrogen-bond acceptors (Lipinski definition) is 2. The standard InChI is InChI=1S/C15H17NO2/c1-10-4-5-14(6-11(10)2)16-8-13(9-17)15(18)7-12(16)3/h4-8,17H,9H2,1-3H3. The lowest BCUT2D eigenvalue weighted by Crippen LogP contribution is -2.14. The van der Waals surface area contributed by atoms with Crippen molar-refractivity contribution in [2.75, 3.05) is 0 Å². The van der Waals surface area contributed by atoms with Gasteiger partial charge in [-0.05, 0) is 44.0 Å². The average Bonchev–Trinajstić information content (AvgIpc) is 2.33. The Hall–Kier alpha value is -1.87. The molecule has 1 aromatic carbocycles. The Bertz CT molecular complexity index is 641. The van der Waals surface area contributed by atoms with Gasteiger partial charge in [0.15, 0.2) is 5.43 Å². The lowest BCUT2D eigenvalue weighted by Gasteiger charge is -2.13. The lowest BCUT2D eigenvalue weighted by molar-refractivity contribution is 0.280. The summed E-state index contributed by atoms with van der Waals surface area (Å²) in [5, 5.41) is 9.17. The molecule has 18 heavy (non-hydrogen) atoms. The normalized spacial score (nSPS) is 10.7. The van der Waals surface area contributed by atoms with Crippen LogP contribution in [0, 0.1) is 20.8 Å². The van der Waals surface area contributed by atoms with E-state index in [9.17, 15) is 4.79 Å². The highest BCUT2D eigenvalue weighted by atomic mass is 16.3. The maximum Gasteiger partial charge on any atom is 0.187 e. The number of rotatable bonds is 2. The van der Waals surface area contributed by atoms with Crippen molar-refractivity contribution in [3.8, 4) is 5.69 Å². The van der Waals surface area contributed by atoms with Crippen molar-refractivity contribution in [2.24, 2.45) is 0 Å². The van der Waals surface area contributed by atoms with Crippen LogP contribution in [0.3, 0.4) is 0 Å². The molecule has 1 aromatic heterocycles. The maximum absolute atomic E-state index is 11.6. The van der Waals surface area contributed by atoms with Gasteiger partial charge in [0.25, 0.3) is 0 Å². The predicted octanol–water partition coefficient (Wildman–Crippen LogP) is 2.26. The SMILES string of the molecule is Cc1ccc(-n2cc(CO)c(=O)cc2C)cc1C. The molecule has 3 nitrogen and oxygen atoms in total. The Kier molecular flexibility index (Phi) is 3.34. The van der Waals surface area contributed by atoms with E-state index in [2.05, 4.69) is 26.0 Å². The number of pyridine rings is 1. The van der Waals surface area contributed by atoms with Crippen molar-refractivity contribution in [3.05, 3.63) is 63.1 Å². The highest BCUT2D eigenvalue weighted by Crippen LogP contribution is 2.15. The number of aryl methyl sites for hydroxylation is 3. The van der Waals surface area contributed by atoms with Gasteiger partial charge in [-0.3, -0.25) is 4.79 Å². The molecular formula is C15H17NO2. The third-order valence-corrected chi connectivity index (χ3v) is 3.26. The molecule has 0 aliphatic rings. The Balaban J connectivity index is 2.63.